The molecule has 0 nitrogen and oxygen atoms in total. The molecule has 0 saturated carbocycles. The topological polar surface area (TPSA) is 0 Å². The molecule has 0 spiro atoms. The van der Waals surface area contributed by atoms with Crippen LogP contribution in [0.4, 0.5) is 0 Å². The third-order valence-electron chi connectivity index (χ3n) is 7.45. The first kappa shape index (κ1) is 18.0. The molecule has 6 aromatic rings. The van der Waals surface area contributed by atoms with Crippen molar-refractivity contribution in [1.29, 1.82) is 0 Å². The molecule has 0 atom stereocenters. The Hall–Kier alpha value is -3.64. The molecule has 2 aliphatic carbocycles. The summed E-state index contributed by atoms with van der Waals surface area (Å²) in [6, 6.07) is 36.8. The second-order valence-electron chi connectivity index (χ2n) is 9.26. The minimum atomic E-state index is 1.07. The van der Waals surface area contributed by atoms with Gasteiger partial charge in [-0.3, -0.25) is 0 Å². The van der Waals surface area contributed by atoms with E-state index in [1.54, 1.807) is 0 Å². The summed E-state index contributed by atoms with van der Waals surface area (Å²) >= 11 is 0. The summed E-state index contributed by atoms with van der Waals surface area (Å²) in [5, 5.41) is 11.1. The first-order valence-corrected chi connectivity index (χ1v) is 11.7. The van der Waals surface area contributed by atoms with Crippen LogP contribution >= 0.6 is 0 Å². The highest BCUT2D eigenvalue weighted by Crippen LogP contribution is 2.34. The quantitative estimate of drug-likeness (QED) is 0.222. The van der Waals surface area contributed by atoms with E-state index in [0.717, 1.165) is 25.7 Å². The van der Waals surface area contributed by atoms with Crippen molar-refractivity contribution in [2.45, 2.75) is 25.7 Å². The van der Waals surface area contributed by atoms with Crippen LogP contribution in [0, 0.1) is 0 Å². The van der Waals surface area contributed by atoms with Gasteiger partial charge in [0.25, 0.3) is 0 Å². The second kappa shape index (κ2) is 6.93. The number of fused-ring (bicyclic) bond motifs is 6. The van der Waals surface area contributed by atoms with E-state index in [4.69, 9.17) is 0 Å². The van der Waals surface area contributed by atoms with Gasteiger partial charge in [0.15, 0.2) is 0 Å². The molecule has 4 bridgehead atoms. The third kappa shape index (κ3) is 2.76. The fourth-order valence-electron chi connectivity index (χ4n) is 5.72. The molecule has 2 aliphatic rings. The van der Waals surface area contributed by atoms with E-state index >= 15 is 0 Å². The SMILES string of the molecule is c1ccc2cc3c4ccc(c3cc2c1)CCc1ccc(c2cc3ccccc3cc12)CC4. The molecule has 0 heteroatoms. The second-order valence-corrected chi connectivity index (χ2v) is 9.26. The third-order valence-corrected chi connectivity index (χ3v) is 7.45. The van der Waals surface area contributed by atoms with Crippen molar-refractivity contribution in [2.24, 2.45) is 0 Å². The number of rotatable bonds is 0. The van der Waals surface area contributed by atoms with Gasteiger partial charge in [-0.2, -0.15) is 0 Å². The summed E-state index contributed by atoms with van der Waals surface area (Å²) in [6.45, 7) is 0. The lowest BCUT2D eigenvalue weighted by Crippen LogP contribution is -2.01. The van der Waals surface area contributed by atoms with Crippen LogP contribution in [0.3, 0.4) is 0 Å². The Labute approximate surface area is 188 Å². The summed E-state index contributed by atoms with van der Waals surface area (Å²) in [5.74, 6) is 0. The zero-order valence-electron chi connectivity index (χ0n) is 18.1. The molecule has 0 N–H and O–H groups in total. The van der Waals surface area contributed by atoms with Gasteiger partial charge in [0.1, 0.15) is 0 Å². The maximum Gasteiger partial charge on any atom is -0.0143 e. The molecule has 0 aromatic heterocycles. The molecule has 0 heterocycles. The van der Waals surface area contributed by atoms with Crippen molar-refractivity contribution in [3.8, 4) is 0 Å². The maximum atomic E-state index is 2.42. The number of benzene rings is 6. The van der Waals surface area contributed by atoms with E-state index in [9.17, 15) is 0 Å². The molecular weight excluding hydrogens is 384 g/mol. The van der Waals surface area contributed by atoms with Gasteiger partial charge >= 0.3 is 0 Å². The Bertz CT molecular complexity index is 1420. The predicted octanol–water partition coefficient (Wildman–Crippen LogP) is 8.18. The first-order valence-electron chi connectivity index (χ1n) is 11.7. The van der Waals surface area contributed by atoms with Gasteiger partial charge in [-0.05, 0) is 115 Å². The average Bonchev–Trinajstić information content (AvgIpc) is 2.83. The largest absolute Gasteiger partial charge is 0.0616 e. The molecule has 0 radical (unpaired) electrons. The molecule has 32 heavy (non-hydrogen) atoms. The van der Waals surface area contributed by atoms with Crippen LogP contribution < -0.4 is 0 Å². The van der Waals surface area contributed by atoms with Crippen molar-refractivity contribution in [3.63, 3.8) is 0 Å². The fraction of sp³-hybridized carbons (Fsp3) is 0.125. The minimum Gasteiger partial charge on any atom is -0.0616 e. The van der Waals surface area contributed by atoms with E-state index in [0.29, 0.717) is 0 Å². The average molecular weight is 409 g/mol. The zero-order valence-corrected chi connectivity index (χ0v) is 18.1. The number of aryl methyl sites for hydroxylation is 4. The highest BCUT2D eigenvalue weighted by molar-refractivity contribution is 6.03. The first-order chi connectivity index (χ1) is 15.8. The molecular formula is C32H24. The monoisotopic (exact) mass is 408 g/mol. The normalized spacial score (nSPS) is 13.8. The van der Waals surface area contributed by atoms with Crippen molar-refractivity contribution >= 4 is 43.1 Å². The lowest BCUT2D eigenvalue weighted by Gasteiger charge is -2.18. The standard InChI is InChI=1S/C32H24/c1-2-6-26-18-30-22-10-9-21(29(30)17-25(26)5-1)13-14-23-11-12-24(16-15-22)32-20-28-8-4-3-7-27(28)19-31(23)32/h1-12,17-20H,13-16H2. The van der Waals surface area contributed by atoms with Crippen molar-refractivity contribution in [1.82, 2.24) is 0 Å². The Morgan fingerprint density at radius 1 is 0.312 bits per heavy atom. The minimum absolute atomic E-state index is 1.07. The molecule has 0 aliphatic heterocycles. The lowest BCUT2D eigenvalue weighted by molar-refractivity contribution is 0.948. The molecule has 8 rings (SSSR count). The summed E-state index contributed by atoms with van der Waals surface area (Å²) in [4.78, 5) is 0. The van der Waals surface area contributed by atoms with Gasteiger partial charge in [0.2, 0.25) is 0 Å². The van der Waals surface area contributed by atoms with Crippen molar-refractivity contribution in [3.05, 3.63) is 119 Å². The summed E-state index contributed by atoms with van der Waals surface area (Å²) in [6.07, 6.45) is 4.26. The van der Waals surface area contributed by atoms with Crippen molar-refractivity contribution in [2.75, 3.05) is 0 Å². The summed E-state index contributed by atoms with van der Waals surface area (Å²) in [7, 11) is 0. The maximum absolute atomic E-state index is 2.42. The van der Waals surface area contributed by atoms with Gasteiger partial charge in [-0.15, -0.1) is 0 Å². The molecule has 152 valence electrons. The molecule has 6 aromatic carbocycles. The number of hydrogen-bond acceptors (Lipinski definition) is 0. The van der Waals surface area contributed by atoms with Crippen LogP contribution in [0.15, 0.2) is 97.1 Å². The van der Waals surface area contributed by atoms with Gasteiger partial charge in [-0.1, -0.05) is 72.8 Å². The Morgan fingerprint density at radius 3 is 0.812 bits per heavy atom. The summed E-state index contributed by atoms with van der Waals surface area (Å²) in [5.41, 5.74) is 5.86. The molecule has 0 saturated heterocycles. The predicted molar refractivity (Wildman–Crippen MR) is 138 cm³/mol. The lowest BCUT2D eigenvalue weighted by atomic mass is 9.87. The van der Waals surface area contributed by atoms with Gasteiger partial charge in [0.05, 0.1) is 0 Å². The van der Waals surface area contributed by atoms with Crippen LogP contribution in [0.5, 0.6) is 0 Å². The van der Waals surface area contributed by atoms with Crippen molar-refractivity contribution < 1.29 is 0 Å². The van der Waals surface area contributed by atoms with Gasteiger partial charge in [0, 0.05) is 0 Å². The van der Waals surface area contributed by atoms with E-state index in [2.05, 4.69) is 97.1 Å². The molecule has 0 fully saturated rings. The Kier molecular flexibility index (Phi) is 3.90. The zero-order chi connectivity index (χ0) is 21.1. The van der Waals surface area contributed by atoms with Crippen LogP contribution in [0.2, 0.25) is 0 Å². The Morgan fingerprint density at radius 2 is 0.562 bits per heavy atom. The fourth-order valence-corrected chi connectivity index (χ4v) is 5.72. The van der Waals surface area contributed by atoms with E-state index in [-0.39, 0.29) is 0 Å². The Balaban J connectivity index is 1.47. The van der Waals surface area contributed by atoms with Crippen LogP contribution in [-0.4, -0.2) is 0 Å². The van der Waals surface area contributed by atoms with Crippen LogP contribution in [0.1, 0.15) is 22.3 Å². The van der Waals surface area contributed by atoms with Crippen LogP contribution in [-0.2, 0) is 25.7 Å². The highest BCUT2D eigenvalue weighted by Gasteiger charge is 2.14. The van der Waals surface area contributed by atoms with Crippen LogP contribution in [0.25, 0.3) is 43.1 Å². The van der Waals surface area contributed by atoms with Gasteiger partial charge < -0.3 is 0 Å². The summed E-state index contributed by atoms with van der Waals surface area (Å²) < 4.78 is 0. The molecule has 0 unspecified atom stereocenters. The smallest absolute Gasteiger partial charge is 0.0143 e. The van der Waals surface area contributed by atoms with Gasteiger partial charge in [-0.25, -0.2) is 0 Å². The van der Waals surface area contributed by atoms with E-state index in [1.807, 2.05) is 0 Å². The number of hydrogen-bond donors (Lipinski definition) is 0. The highest BCUT2D eigenvalue weighted by atomic mass is 14.2. The van der Waals surface area contributed by atoms with E-state index < -0.39 is 0 Å². The van der Waals surface area contributed by atoms with E-state index in [1.165, 1.54) is 65.3 Å². The molecule has 0 amide bonds.